The third kappa shape index (κ3) is 2.47. The molecule has 0 spiro atoms. The molecule has 0 bridgehead atoms. The summed E-state index contributed by atoms with van der Waals surface area (Å²) in [5.41, 5.74) is 0. The van der Waals surface area contributed by atoms with E-state index in [1.807, 2.05) is 6.08 Å². The van der Waals surface area contributed by atoms with Gasteiger partial charge in [-0.25, -0.2) is 0 Å². The van der Waals surface area contributed by atoms with Gasteiger partial charge >= 0.3 is 0 Å². The Hall–Kier alpha value is -0.560. The minimum absolute atomic E-state index is 0. The van der Waals surface area contributed by atoms with Crippen molar-refractivity contribution in [2.75, 3.05) is 0 Å². The monoisotopic (exact) mass is 126 g/mol. The number of rotatable bonds is 1. The summed E-state index contributed by atoms with van der Waals surface area (Å²) in [6.07, 6.45) is 10.4. The van der Waals surface area contributed by atoms with Gasteiger partial charge in [0.05, 0.1) is 0 Å². The molecule has 0 fully saturated rings. The molecule has 0 aromatic carbocycles. The first-order valence-electron chi connectivity index (χ1n) is 3.22. The van der Waals surface area contributed by atoms with Crippen molar-refractivity contribution in [3.63, 3.8) is 0 Å². The molecule has 1 heteroatoms. The Bertz CT molecular complexity index is 105. The van der Waals surface area contributed by atoms with E-state index in [9.17, 15) is 0 Å². The zero-order valence-electron chi connectivity index (χ0n) is 5.64. The topological polar surface area (TPSA) is 31.5 Å². The molecule has 1 aliphatic rings. The van der Waals surface area contributed by atoms with E-state index in [1.54, 1.807) is 0 Å². The van der Waals surface area contributed by atoms with Gasteiger partial charge in [0, 0.05) is 0 Å². The van der Waals surface area contributed by atoms with Crippen LogP contribution in [0.5, 0.6) is 0 Å². The first-order valence-corrected chi connectivity index (χ1v) is 3.22. The van der Waals surface area contributed by atoms with E-state index in [-0.39, 0.29) is 5.48 Å². The van der Waals surface area contributed by atoms with Crippen molar-refractivity contribution < 1.29 is 5.48 Å². The van der Waals surface area contributed by atoms with Gasteiger partial charge in [0.15, 0.2) is 0 Å². The molecule has 1 atom stereocenters. The zero-order valence-corrected chi connectivity index (χ0v) is 5.64. The Morgan fingerprint density at radius 1 is 1.56 bits per heavy atom. The normalized spacial score (nSPS) is 24.7. The molecule has 0 amide bonds. The van der Waals surface area contributed by atoms with Crippen molar-refractivity contribution in [1.29, 1.82) is 0 Å². The highest BCUT2D eigenvalue weighted by atomic mass is 16.0. The van der Waals surface area contributed by atoms with Gasteiger partial charge in [-0.15, -0.1) is 6.58 Å². The van der Waals surface area contributed by atoms with E-state index in [2.05, 4.69) is 18.7 Å². The summed E-state index contributed by atoms with van der Waals surface area (Å²) in [5, 5.41) is 0. The van der Waals surface area contributed by atoms with Gasteiger partial charge in [-0.05, 0) is 25.2 Å². The van der Waals surface area contributed by atoms with Crippen LogP contribution in [0.15, 0.2) is 24.8 Å². The molecule has 0 saturated carbocycles. The van der Waals surface area contributed by atoms with Crippen LogP contribution < -0.4 is 0 Å². The first-order chi connectivity index (χ1) is 3.93. The van der Waals surface area contributed by atoms with Crippen LogP contribution in [0.4, 0.5) is 0 Å². The summed E-state index contributed by atoms with van der Waals surface area (Å²) in [7, 11) is 0. The second-order valence-corrected chi connectivity index (χ2v) is 2.26. The van der Waals surface area contributed by atoms with Gasteiger partial charge in [-0.2, -0.15) is 0 Å². The molecule has 0 aromatic rings. The van der Waals surface area contributed by atoms with Crippen LogP contribution in [-0.2, 0) is 0 Å². The third-order valence-electron chi connectivity index (χ3n) is 1.59. The van der Waals surface area contributed by atoms with E-state index in [0.29, 0.717) is 5.92 Å². The number of hydrogen-bond acceptors (Lipinski definition) is 0. The summed E-state index contributed by atoms with van der Waals surface area (Å²) < 4.78 is 0. The summed E-state index contributed by atoms with van der Waals surface area (Å²) in [4.78, 5) is 0. The van der Waals surface area contributed by atoms with Crippen LogP contribution in [-0.4, -0.2) is 5.48 Å². The van der Waals surface area contributed by atoms with Crippen molar-refractivity contribution in [3.05, 3.63) is 24.8 Å². The van der Waals surface area contributed by atoms with Crippen molar-refractivity contribution in [2.24, 2.45) is 5.92 Å². The Morgan fingerprint density at radius 3 is 2.67 bits per heavy atom. The Balaban J connectivity index is 0.000000640. The third-order valence-corrected chi connectivity index (χ3v) is 1.59. The predicted molar refractivity (Wildman–Crippen MR) is 40.3 cm³/mol. The highest BCUT2D eigenvalue weighted by Gasteiger charge is 2.01. The molecule has 9 heavy (non-hydrogen) atoms. The van der Waals surface area contributed by atoms with E-state index in [0.717, 1.165) is 0 Å². The van der Waals surface area contributed by atoms with Crippen LogP contribution in [0.3, 0.4) is 0 Å². The van der Waals surface area contributed by atoms with E-state index in [4.69, 9.17) is 0 Å². The highest BCUT2D eigenvalue weighted by Crippen LogP contribution is 2.16. The molecule has 1 rings (SSSR count). The van der Waals surface area contributed by atoms with Crippen molar-refractivity contribution in [2.45, 2.75) is 19.3 Å². The van der Waals surface area contributed by atoms with Crippen molar-refractivity contribution in [3.8, 4) is 0 Å². The number of hydrogen-bond donors (Lipinski definition) is 0. The molecule has 0 aromatic heterocycles. The maximum absolute atomic E-state index is 3.73. The lowest BCUT2D eigenvalue weighted by Crippen LogP contribution is -1.94. The first kappa shape index (κ1) is 8.44. The minimum atomic E-state index is 0. The minimum Gasteiger partial charge on any atom is -0.412 e. The highest BCUT2D eigenvalue weighted by molar-refractivity contribution is 5.00. The zero-order chi connectivity index (χ0) is 5.82. The van der Waals surface area contributed by atoms with Gasteiger partial charge < -0.3 is 5.48 Å². The van der Waals surface area contributed by atoms with Crippen LogP contribution >= 0.6 is 0 Å². The summed E-state index contributed by atoms with van der Waals surface area (Å²) >= 11 is 0. The van der Waals surface area contributed by atoms with E-state index < -0.39 is 0 Å². The molecular weight excluding hydrogens is 112 g/mol. The number of allylic oxidation sites excluding steroid dienone is 3. The SMILES string of the molecule is C=CC1C=CCCC1.O. The molecule has 0 radical (unpaired) electrons. The second kappa shape index (κ2) is 4.33. The van der Waals surface area contributed by atoms with E-state index >= 15 is 0 Å². The van der Waals surface area contributed by atoms with Gasteiger partial charge in [-0.1, -0.05) is 18.2 Å². The van der Waals surface area contributed by atoms with E-state index in [1.165, 1.54) is 19.3 Å². The lowest BCUT2D eigenvalue weighted by Gasteiger charge is -2.09. The lowest BCUT2D eigenvalue weighted by molar-refractivity contribution is 0.632. The quantitative estimate of drug-likeness (QED) is 0.479. The molecule has 2 N–H and O–H groups in total. The average molecular weight is 126 g/mol. The predicted octanol–water partition coefficient (Wildman–Crippen LogP) is 1.70. The summed E-state index contributed by atoms with van der Waals surface area (Å²) in [6, 6.07) is 0. The largest absolute Gasteiger partial charge is 0.412 e. The molecule has 52 valence electrons. The van der Waals surface area contributed by atoms with Gasteiger partial charge in [0.25, 0.3) is 0 Å². The molecular formula is C8H14O. The summed E-state index contributed by atoms with van der Waals surface area (Å²) in [5.74, 6) is 0.670. The lowest BCUT2D eigenvalue weighted by atomic mass is 9.96. The molecule has 1 aliphatic carbocycles. The smallest absolute Gasteiger partial charge is 0.00561 e. The average Bonchev–Trinajstić information content (AvgIpc) is 1.90. The van der Waals surface area contributed by atoms with Gasteiger partial charge in [-0.3, -0.25) is 0 Å². The van der Waals surface area contributed by atoms with Crippen molar-refractivity contribution in [1.82, 2.24) is 0 Å². The fraction of sp³-hybridized carbons (Fsp3) is 0.500. The van der Waals surface area contributed by atoms with Crippen LogP contribution in [0.25, 0.3) is 0 Å². The Kier molecular flexibility index (Phi) is 4.06. The standard InChI is InChI=1S/C8H12.H2O/c1-2-8-6-4-3-5-7-8;/h2,4,6,8H,1,3,5,7H2;1H2. The fourth-order valence-corrected chi connectivity index (χ4v) is 1.04. The maximum atomic E-state index is 3.73. The van der Waals surface area contributed by atoms with Crippen LogP contribution in [0, 0.1) is 5.92 Å². The fourth-order valence-electron chi connectivity index (χ4n) is 1.04. The van der Waals surface area contributed by atoms with Gasteiger partial charge in [0.2, 0.25) is 0 Å². The second-order valence-electron chi connectivity index (χ2n) is 2.26. The van der Waals surface area contributed by atoms with Crippen molar-refractivity contribution >= 4 is 0 Å². The molecule has 0 heterocycles. The molecule has 1 nitrogen and oxygen atoms in total. The Morgan fingerprint density at radius 2 is 2.33 bits per heavy atom. The molecule has 1 unspecified atom stereocenters. The van der Waals surface area contributed by atoms with Crippen LogP contribution in [0.1, 0.15) is 19.3 Å². The maximum Gasteiger partial charge on any atom is -0.00561 e. The summed E-state index contributed by atoms with van der Waals surface area (Å²) in [6.45, 7) is 3.73. The molecule has 0 aliphatic heterocycles. The molecule has 0 saturated heterocycles. The van der Waals surface area contributed by atoms with Crippen LogP contribution in [0.2, 0.25) is 0 Å². The van der Waals surface area contributed by atoms with Gasteiger partial charge in [0.1, 0.15) is 0 Å². The Labute approximate surface area is 56.4 Å².